The minimum absolute atomic E-state index is 0.0225. The molecule has 1 heterocycles. The van der Waals surface area contributed by atoms with Gasteiger partial charge in [0.25, 0.3) is 0 Å². The molecule has 2 N–H and O–H groups in total. The van der Waals surface area contributed by atoms with E-state index in [4.69, 9.17) is 10.5 Å². The number of nitrogens with zero attached hydrogens (tertiary/aromatic N) is 1. The van der Waals surface area contributed by atoms with Crippen LogP contribution in [0, 0.1) is 0 Å². The van der Waals surface area contributed by atoms with Crippen LogP contribution in [0.5, 0.6) is 5.75 Å². The van der Waals surface area contributed by atoms with Crippen LogP contribution < -0.4 is 10.5 Å². The summed E-state index contributed by atoms with van der Waals surface area (Å²) in [6, 6.07) is 1.69. The lowest BCUT2D eigenvalue weighted by atomic mass is 9.74. The maximum atomic E-state index is 14.1. The SMILES string of the molecule is CCOc1cncc(C2(F)CC(N)C2)c1. The Morgan fingerprint density at radius 3 is 2.93 bits per heavy atom. The van der Waals surface area contributed by atoms with E-state index in [1.165, 1.54) is 0 Å². The Hall–Kier alpha value is -1.16. The molecule has 0 radical (unpaired) electrons. The summed E-state index contributed by atoms with van der Waals surface area (Å²) in [5.74, 6) is 0.618. The predicted molar refractivity (Wildman–Crippen MR) is 55.4 cm³/mol. The van der Waals surface area contributed by atoms with Gasteiger partial charge in [-0.05, 0) is 13.0 Å². The molecule has 0 aromatic carbocycles. The Balaban J connectivity index is 2.18. The first-order valence-corrected chi connectivity index (χ1v) is 5.17. The second kappa shape index (κ2) is 3.77. The van der Waals surface area contributed by atoms with Gasteiger partial charge in [0.05, 0.1) is 12.8 Å². The van der Waals surface area contributed by atoms with Crippen molar-refractivity contribution in [1.29, 1.82) is 0 Å². The third-order valence-corrected chi connectivity index (χ3v) is 2.71. The van der Waals surface area contributed by atoms with Gasteiger partial charge in [-0.2, -0.15) is 0 Å². The molecule has 1 aromatic heterocycles. The van der Waals surface area contributed by atoms with E-state index in [2.05, 4.69) is 4.98 Å². The van der Waals surface area contributed by atoms with Crippen molar-refractivity contribution in [2.45, 2.75) is 31.5 Å². The standard InChI is InChI=1S/C11H15FN2O/c1-2-15-10-3-8(6-14-7-10)11(12)4-9(13)5-11/h3,6-7,9H,2,4-5,13H2,1H3. The monoisotopic (exact) mass is 210 g/mol. The number of aromatic nitrogens is 1. The van der Waals surface area contributed by atoms with E-state index >= 15 is 0 Å². The fourth-order valence-corrected chi connectivity index (χ4v) is 1.92. The highest BCUT2D eigenvalue weighted by Crippen LogP contribution is 2.44. The normalized spacial score (nSPS) is 29.7. The lowest BCUT2D eigenvalue weighted by Gasteiger charge is -2.39. The largest absolute Gasteiger partial charge is 0.492 e. The van der Waals surface area contributed by atoms with Gasteiger partial charge in [0.1, 0.15) is 11.4 Å². The van der Waals surface area contributed by atoms with Crippen LogP contribution in [0.4, 0.5) is 4.39 Å². The molecule has 1 saturated carbocycles. The van der Waals surface area contributed by atoms with Gasteiger partial charge >= 0.3 is 0 Å². The minimum atomic E-state index is -1.29. The van der Waals surface area contributed by atoms with Crippen molar-refractivity contribution in [3.05, 3.63) is 24.0 Å². The average Bonchev–Trinajstić information content (AvgIpc) is 2.17. The van der Waals surface area contributed by atoms with E-state index in [-0.39, 0.29) is 6.04 Å². The first-order valence-electron chi connectivity index (χ1n) is 5.17. The average molecular weight is 210 g/mol. The predicted octanol–water partition coefficient (Wildman–Crippen LogP) is 1.77. The Labute approximate surface area is 88.5 Å². The summed E-state index contributed by atoms with van der Waals surface area (Å²) in [5.41, 5.74) is 4.88. The number of alkyl halides is 1. The number of hydrogen-bond acceptors (Lipinski definition) is 3. The van der Waals surface area contributed by atoms with Crippen LogP contribution in [0.25, 0.3) is 0 Å². The van der Waals surface area contributed by atoms with Crippen molar-refractivity contribution in [2.75, 3.05) is 6.61 Å². The fourth-order valence-electron chi connectivity index (χ4n) is 1.92. The van der Waals surface area contributed by atoms with Gasteiger partial charge < -0.3 is 10.5 Å². The molecule has 0 atom stereocenters. The second-order valence-corrected chi connectivity index (χ2v) is 3.98. The zero-order valence-corrected chi connectivity index (χ0v) is 8.74. The second-order valence-electron chi connectivity index (χ2n) is 3.98. The molecule has 1 aliphatic rings. The van der Waals surface area contributed by atoms with Crippen LogP contribution in [-0.2, 0) is 5.67 Å². The summed E-state index contributed by atoms with van der Waals surface area (Å²) >= 11 is 0. The van der Waals surface area contributed by atoms with Crippen LogP contribution in [0.15, 0.2) is 18.5 Å². The third-order valence-electron chi connectivity index (χ3n) is 2.71. The Morgan fingerprint density at radius 2 is 2.33 bits per heavy atom. The Bertz CT molecular complexity index is 350. The summed E-state index contributed by atoms with van der Waals surface area (Å²) in [6.45, 7) is 2.45. The molecule has 0 spiro atoms. The molecular weight excluding hydrogens is 195 g/mol. The fraction of sp³-hybridized carbons (Fsp3) is 0.545. The molecule has 3 nitrogen and oxygen atoms in total. The number of halogens is 1. The van der Waals surface area contributed by atoms with E-state index in [9.17, 15) is 4.39 Å². The molecule has 4 heteroatoms. The highest BCUT2D eigenvalue weighted by Gasteiger charge is 2.44. The molecule has 82 valence electrons. The molecule has 0 saturated heterocycles. The molecule has 0 bridgehead atoms. The lowest BCUT2D eigenvalue weighted by Crippen LogP contribution is -2.46. The molecule has 1 fully saturated rings. The number of hydrogen-bond donors (Lipinski definition) is 1. The van der Waals surface area contributed by atoms with Gasteiger partial charge in [-0.25, -0.2) is 4.39 Å². The lowest BCUT2D eigenvalue weighted by molar-refractivity contribution is 0.0399. The van der Waals surface area contributed by atoms with Crippen LogP contribution >= 0.6 is 0 Å². The summed E-state index contributed by atoms with van der Waals surface area (Å²) in [6.07, 6.45) is 3.90. The molecule has 1 aliphatic carbocycles. The number of ether oxygens (including phenoxy) is 1. The smallest absolute Gasteiger partial charge is 0.140 e. The maximum Gasteiger partial charge on any atom is 0.140 e. The maximum absolute atomic E-state index is 14.1. The number of nitrogens with two attached hydrogens (primary N) is 1. The van der Waals surface area contributed by atoms with Crippen molar-refractivity contribution in [3.63, 3.8) is 0 Å². The molecule has 2 rings (SSSR count). The molecule has 15 heavy (non-hydrogen) atoms. The van der Waals surface area contributed by atoms with Crippen molar-refractivity contribution < 1.29 is 9.13 Å². The first kappa shape index (κ1) is 10.4. The van der Waals surface area contributed by atoms with Crippen molar-refractivity contribution in [2.24, 2.45) is 5.73 Å². The molecule has 0 amide bonds. The summed E-state index contributed by atoms with van der Waals surface area (Å²) in [4.78, 5) is 3.97. The van der Waals surface area contributed by atoms with E-state index < -0.39 is 5.67 Å². The van der Waals surface area contributed by atoms with Gasteiger partial charge in [0.15, 0.2) is 0 Å². The molecule has 0 unspecified atom stereocenters. The van der Waals surface area contributed by atoms with Crippen molar-refractivity contribution >= 4 is 0 Å². The van der Waals surface area contributed by atoms with Gasteiger partial charge in [-0.3, -0.25) is 4.98 Å². The molecule has 0 aliphatic heterocycles. The van der Waals surface area contributed by atoms with E-state index in [1.807, 2.05) is 6.92 Å². The zero-order valence-electron chi connectivity index (χ0n) is 8.74. The third kappa shape index (κ3) is 1.95. The Kier molecular flexibility index (Phi) is 2.61. The van der Waals surface area contributed by atoms with E-state index in [1.54, 1.807) is 18.5 Å². The summed E-state index contributed by atoms with van der Waals surface area (Å²) in [5, 5.41) is 0. The van der Waals surface area contributed by atoms with Gasteiger partial charge in [-0.15, -0.1) is 0 Å². The molecule has 1 aromatic rings. The van der Waals surface area contributed by atoms with Gasteiger partial charge in [0, 0.05) is 30.6 Å². The zero-order chi connectivity index (χ0) is 10.9. The minimum Gasteiger partial charge on any atom is -0.492 e. The number of pyridine rings is 1. The topological polar surface area (TPSA) is 48.1 Å². The van der Waals surface area contributed by atoms with Crippen molar-refractivity contribution in [3.8, 4) is 5.75 Å². The van der Waals surface area contributed by atoms with Crippen LogP contribution in [0.2, 0.25) is 0 Å². The van der Waals surface area contributed by atoms with Gasteiger partial charge in [0.2, 0.25) is 0 Å². The summed E-state index contributed by atoms with van der Waals surface area (Å²) in [7, 11) is 0. The Morgan fingerprint density at radius 1 is 1.60 bits per heavy atom. The van der Waals surface area contributed by atoms with E-state index in [0.717, 1.165) is 0 Å². The first-order chi connectivity index (χ1) is 7.14. The van der Waals surface area contributed by atoms with Crippen LogP contribution in [0.3, 0.4) is 0 Å². The van der Waals surface area contributed by atoms with E-state index in [0.29, 0.717) is 30.8 Å². The number of rotatable bonds is 3. The van der Waals surface area contributed by atoms with Gasteiger partial charge in [-0.1, -0.05) is 0 Å². The van der Waals surface area contributed by atoms with Crippen LogP contribution in [-0.4, -0.2) is 17.6 Å². The molecular formula is C11H15FN2O. The highest BCUT2D eigenvalue weighted by atomic mass is 19.1. The summed E-state index contributed by atoms with van der Waals surface area (Å²) < 4.78 is 19.4. The highest BCUT2D eigenvalue weighted by molar-refractivity contribution is 5.30. The van der Waals surface area contributed by atoms with Crippen molar-refractivity contribution in [1.82, 2.24) is 4.98 Å². The quantitative estimate of drug-likeness (QED) is 0.827. The van der Waals surface area contributed by atoms with Crippen LogP contribution in [0.1, 0.15) is 25.3 Å².